The maximum atomic E-state index is 10.4. The summed E-state index contributed by atoms with van der Waals surface area (Å²) in [6, 6.07) is 0. The Labute approximate surface area is 83.2 Å². The Morgan fingerprint density at radius 2 is 2.10 bits per heavy atom. The van der Waals surface area contributed by atoms with Crippen molar-refractivity contribution in [2.45, 2.75) is 12.8 Å². The molecule has 3 unspecified atom stereocenters. The van der Waals surface area contributed by atoms with Crippen molar-refractivity contribution in [3.05, 3.63) is 12.2 Å². The standard InChI is InChI=1S/C8H10O.Na.H/c9-5-8-4-6-1-2-7(8)3-6;;/h1-2,5-8H,3-4H2;;. The van der Waals surface area contributed by atoms with Gasteiger partial charge in [0.05, 0.1) is 0 Å². The molecule has 2 heteroatoms. The van der Waals surface area contributed by atoms with E-state index in [-0.39, 0.29) is 29.6 Å². The normalized spacial score (nSPS) is 41.4. The molecule has 50 valence electrons. The Morgan fingerprint density at radius 1 is 1.30 bits per heavy atom. The fourth-order valence-corrected chi connectivity index (χ4v) is 1.98. The van der Waals surface area contributed by atoms with E-state index in [0.717, 1.165) is 18.6 Å². The van der Waals surface area contributed by atoms with E-state index in [9.17, 15) is 4.79 Å². The van der Waals surface area contributed by atoms with Crippen molar-refractivity contribution in [1.82, 2.24) is 0 Å². The quantitative estimate of drug-likeness (QED) is 0.303. The zero-order valence-electron chi connectivity index (χ0n) is 5.29. The molecule has 0 aliphatic heterocycles. The van der Waals surface area contributed by atoms with E-state index in [2.05, 4.69) is 12.2 Å². The first-order valence-electron chi connectivity index (χ1n) is 3.54. The number of hydrogen-bond donors (Lipinski definition) is 0. The molecule has 0 aromatic rings. The second-order valence-electron chi connectivity index (χ2n) is 3.08. The minimum absolute atomic E-state index is 0. The second-order valence-corrected chi connectivity index (χ2v) is 3.08. The van der Waals surface area contributed by atoms with Crippen molar-refractivity contribution in [3.8, 4) is 0 Å². The van der Waals surface area contributed by atoms with Crippen LogP contribution in [0.1, 0.15) is 12.8 Å². The molecule has 3 atom stereocenters. The van der Waals surface area contributed by atoms with Crippen LogP contribution in [0.3, 0.4) is 0 Å². The zero-order chi connectivity index (χ0) is 6.27. The van der Waals surface area contributed by atoms with Crippen molar-refractivity contribution >= 4 is 35.8 Å². The van der Waals surface area contributed by atoms with Crippen LogP contribution in [0.25, 0.3) is 0 Å². The Balaban J connectivity index is 0.000000500. The molecule has 1 saturated carbocycles. The molecule has 0 aromatic heterocycles. The molecular weight excluding hydrogens is 135 g/mol. The summed E-state index contributed by atoms with van der Waals surface area (Å²) in [5, 5.41) is 0. The number of carbonyl (C=O) groups excluding carboxylic acids is 1. The fraction of sp³-hybridized carbons (Fsp3) is 0.625. The van der Waals surface area contributed by atoms with Crippen molar-refractivity contribution in [1.29, 1.82) is 0 Å². The van der Waals surface area contributed by atoms with Crippen LogP contribution in [0.5, 0.6) is 0 Å². The molecule has 0 spiro atoms. The molecule has 2 aliphatic carbocycles. The number of fused-ring (bicyclic) bond motifs is 2. The molecule has 10 heavy (non-hydrogen) atoms. The Bertz CT molecular complexity index is 165. The molecule has 2 bridgehead atoms. The molecule has 1 nitrogen and oxygen atoms in total. The van der Waals surface area contributed by atoms with Crippen molar-refractivity contribution in [3.63, 3.8) is 0 Å². The van der Waals surface area contributed by atoms with Crippen LogP contribution in [0.4, 0.5) is 0 Å². The third-order valence-electron chi connectivity index (χ3n) is 2.51. The summed E-state index contributed by atoms with van der Waals surface area (Å²) in [5.74, 6) is 1.71. The SMILES string of the molecule is O=CC1CC2C=CC1C2.[NaH]. The van der Waals surface area contributed by atoms with Crippen LogP contribution in [-0.2, 0) is 4.79 Å². The van der Waals surface area contributed by atoms with Gasteiger partial charge in [-0.05, 0) is 24.7 Å². The van der Waals surface area contributed by atoms with E-state index >= 15 is 0 Å². The van der Waals surface area contributed by atoms with Gasteiger partial charge < -0.3 is 4.79 Å². The number of rotatable bonds is 1. The van der Waals surface area contributed by atoms with Crippen LogP contribution >= 0.6 is 0 Å². The first kappa shape index (κ1) is 8.51. The van der Waals surface area contributed by atoms with Crippen LogP contribution in [0.15, 0.2) is 12.2 Å². The van der Waals surface area contributed by atoms with Gasteiger partial charge >= 0.3 is 29.6 Å². The van der Waals surface area contributed by atoms with Crippen LogP contribution in [0, 0.1) is 17.8 Å². The van der Waals surface area contributed by atoms with Crippen LogP contribution in [0.2, 0.25) is 0 Å². The summed E-state index contributed by atoms with van der Waals surface area (Å²) in [5.41, 5.74) is 0. The zero-order valence-corrected chi connectivity index (χ0v) is 5.29. The Hall–Kier alpha value is 0.410. The molecule has 0 amide bonds. The summed E-state index contributed by atoms with van der Waals surface area (Å²) in [6.07, 6.45) is 7.93. The van der Waals surface area contributed by atoms with Crippen molar-refractivity contribution < 1.29 is 4.79 Å². The predicted octanol–water partition coefficient (Wildman–Crippen LogP) is 0.749. The van der Waals surface area contributed by atoms with E-state index in [0.29, 0.717) is 11.8 Å². The molecule has 0 heterocycles. The van der Waals surface area contributed by atoms with E-state index in [1.54, 1.807) is 0 Å². The first-order chi connectivity index (χ1) is 4.40. The fourth-order valence-electron chi connectivity index (χ4n) is 1.98. The maximum absolute atomic E-state index is 10.4. The molecule has 0 radical (unpaired) electrons. The monoisotopic (exact) mass is 146 g/mol. The third kappa shape index (κ3) is 1.23. The van der Waals surface area contributed by atoms with Gasteiger partial charge in [0, 0.05) is 5.92 Å². The molecule has 2 rings (SSSR count). The Morgan fingerprint density at radius 3 is 2.40 bits per heavy atom. The van der Waals surface area contributed by atoms with Gasteiger partial charge in [-0.15, -0.1) is 0 Å². The summed E-state index contributed by atoms with van der Waals surface area (Å²) in [6.45, 7) is 0. The van der Waals surface area contributed by atoms with Gasteiger partial charge in [0.1, 0.15) is 6.29 Å². The number of carbonyl (C=O) groups is 1. The van der Waals surface area contributed by atoms with Gasteiger partial charge in [-0.3, -0.25) is 0 Å². The van der Waals surface area contributed by atoms with Gasteiger partial charge in [0.25, 0.3) is 0 Å². The molecule has 2 aliphatic rings. The van der Waals surface area contributed by atoms with Gasteiger partial charge in [0.15, 0.2) is 0 Å². The average molecular weight is 146 g/mol. The van der Waals surface area contributed by atoms with E-state index in [1.165, 1.54) is 6.42 Å². The number of allylic oxidation sites excluding steroid dienone is 2. The summed E-state index contributed by atoms with van der Waals surface area (Å²) in [7, 11) is 0. The molecule has 1 fully saturated rings. The molecular formula is C8H11NaO. The summed E-state index contributed by atoms with van der Waals surface area (Å²) in [4.78, 5) is 10.4. The van der Waals surface area contributed by atoms with Crippen LogP contribution < -0.4 is 0 Å². The van der Waals surface area contributed by atoms with Gasteiger partial charge in [-0.2, -0.15) is 0 Å². The minimum atomic E-state index is 0. The summed E-state index contributed by atoms with van der Waals surface area (Å²) >= 11 is 0. The predicted molar refractivity (Wildman–Crippen MR) is 42.1 cm³/mol. The Kier molecular flexibility index (Phi) is 2.73. The van der Waals surface area contributed by atoms with Gasteiger partial charge in [0.2, 0.25) is 0 Å². The average Bonchev–Trinajstić information content (AvgIpc) is 2.45. The third-order valence-corrected chi connectivity index (χ3v) is 2.51. The van der Waals surface area contributed by atoms with Gasteiger partial charge in [-0.1, -0.05) is 12.2 Å². The van der Waals surface area contributed by atoms with Crippen molar-refractivity contribution in [2.75, 3.05) is 0 Å². The van der Waals surface area contributed by atoms with E-state index in [1.807, 2.05) is 0 Å². The molecule has 0 aromatic carbocycles. The number of aldehydes is 1. The second kappa shape index (κ2) is 3.21. The topological polar surface area (TPSA) is 17.1 Å². The van der Waals surface area contributed by atoms with E-state index in [4.69, 9.17) is 0 Å². The van der Waals surface area contributed by atoms with Crippen LogP contribution in [-0.4, -0.2) is 35.8 Å². The molecule has 0 saturated heterocycles. The summed E-state index contributed by atoms with van der Waals surface area (Å²) < 4.78 is 0. The first-order valence-corrected chi connectivity index (χ1v) is 3.54. The van der Waals surface area contributed by atoms with E-state index < -0.39 is 0 Å². The van der Waals surface area contributed by atoms with Gasteiger partial charge in [-0.25, -0.2) is 0 Å². The van der Waals surface area contributed by atoms with Crippen molar-refractivity contribution in [2.24, 2.45) is 17.8 Å². The number of hydrogen-bond acceptors (Lipinski definition) is 1. The molecule has 0 N–H and O–H groups in total.